The minimum Gasteiger partial charge on any atom is -0.267 e. The number of benzene rings is 1. The van der Waals surface area contributed by atoms with Gasteiger partial charge in [-0.25, -0.2) is 13.1 Å². The summed E-state index contributed by atoms with van der Waals surface area (Å²) in [4.78, 5) is 4.45. The van der Waals surface area contributed by atoms with E-state index >= 15 is 0 Å². The number of fused-ring (bicyclic) bond motifs is 1. The Morgan fingerprint density at radius 3 is 2.57 bits per heavy atom. The first-order valence-corrected chi connectivity index (χ1v) is 11.3. The van der Waals surface area contributed by atoms with E-state index < -0.39 is 10.0 Å². The van der Waals surface area contributed by atoms with Crippen LogP contribution in [0.2, 0.25) is 0 Å². The van der Waals surface area contributed by atoms with Gasteiger partial charge in [0, 0.05) is 24.0 Å². The number of hydrogen-bond donors (Lipinski definition) is 1. The van der Waals surface area contributed by atoms with Gasteiger partial charge in [0.25, 0.3) is 0 Å². The standard InChI is InChI=1S/C21H24N4O2S/c26-28(27,16-17-8-2-1-3-9-17)23-14-15-25-20-12-5-4-10-18(20)21(24-25)19-11-6-7-13-22-19/h1-3,6-9,11,13,23H,4-5,10,12,14-16H2. The molecule has 4 rings (SSSR count). The second-order valence-corrected chi connectivity index (χ2v) is 8.86. The predicted molar refractivity (Wildman–Crippen MR) is 109 cm³/mol. The molecule has 0 fully saturated rings. The molecular weight excluding hydrogens is 372 g/mol. The fourth-order valence-corrected chi connectivity index (χ4v) is 4.85. The number of nitrogens with zero attached hydrogens (tertiary/aromatic N) is 3. The van der Waals surface area contributed by atoms with E-state index in [4.69, 9.17) is 5.10 Å². The second-order valence-electron chi connectivity index (χ2n) is 7.06. The van der Waals surface area contributed by atoms with E-state index in [-0.39, 0.29) is 5.75 Å². The molecule has 1 N–H and O–H groups in total. The lowest BCUT2D eigenvalue weighted by atomic mass is 9.95. The maximum Gasteiger partial charge on any atom is 0.215 e. The SMILES string of the molecule is O=S(=O)(Cc1ccccc1)NCCn1nc(-c2ccccn2)c2c1CCCC2. The van der Waals surface area contributed by atoms with Crippen LogP contribution in [0.4, 0.5) is 0 Å². The molecule has 0 saturated heterocycles. The Morgan fingerprint density at radius 1 is 1.00 bits per heavy atom. The number of aromatic nitrogens is 3. The number of pyridine rings is 1. The van der Waals surface area contributed by atoms with Crippen molar-refractivity contribution in [2.75, 3.05) is 6.54 Å². The van der Waals surface area contributed by atoms with Gasteiger partial charge in [0.2, 0.25) is 10.0 Å². The first-order chi connectivity index (χ1) is 13.6. The van der Waals surface area contributed by atoms with Crippen LogP contribution >= 0.6 is 0 Å². The summed E-state index contributed by atoms with van der Waals surface area (Å²) in [5.74, 6) is -0.00968. The molecule has 1 aliphatic rings. The van der Waals surface area contributed by atoms with E-state index in [0.717, 1.165) is 42.6 Å². The maximum absolute atomic E-state index is 12.4. The lowest BCUT2D eigenvalue weighted by Crippen LogP contribution is -2.29. The molecule has 0 saturated carbocycles. The fraction of sp³-hybridized carbons (Fsp3) is 0.333. The highest BCUT2D eigenvalue weighted by Gasteiger charge is 2.22. The van der Waals surface area contributed by atoms with E-state index in [0.29, 0.717) is 13.1 Å². The lowest BCUT2D eigenvalue weighted by molar-refractivity contribution is 0.538. The van der Waals surface area contributed by atoms with E-state index in [1.165, 1.54) is 11.3 Å². The van der Waals surface area contributed by atoms with Gasteiger partial charge in [0.05, 0.1) is 18.0 Å². The highest BCUT2D eigenvalue weighted by Crippen LogP contribution is 2.30. The van der Waals surface area contributed by atoms with Gasteiger partial charge in [-0.1, -0.05) is 36.4 Å². The van der Waals surface area contributed by atoms with Crippen LogP contribution in [0.15, 0.2) is 54.7 Å². The third-order valence-electron chi connectivity index (χ3n) is 5.01. The van der Waals surface area contributed by atoms with Crippen molar-refractivity contribution in [3.8, 4) is 11.4 Å². The number of sulfonamides is 1. The molecule has 0 bridgehead atoms. The molecule has 0 aliphatic heterocycles. The van der Waals surface area contributed by atoms with Gasteiger partial charge in [-0.2, -0.15) is 5.10 Å². The normalized spacial score (nSPS) is 14.0. The van der Waals surface area contributed by atoms with Gasteiger partial charge in [0.1, 0.15) is 5.69 Å². The van der Waals surface area contributed by atoms with Gasteiger partial charge < -0.3 is 0 Å². The smallest absolute Gasteiger partial charge is 0.215 e. The summed E-state index contributed by atoms with van der Waals surface area (Å²) in [5.41, 5.74) is 5.07. The second kappa shape index (κ2) is 8.24. The van der Waals surface area contributed by atoms with Crippen molar-refractivity contribution in [1.29, 1.82) is 0 Å². The summed E-state index contributed by atoms with van der Waals surface area (Å²) in [5, 5.41) is 4.78. The topological polar surface area (TPSA) is 76.9 Å². The summed E-state index contributed by atoms with van der Waals surface area (Å²) >= 11 is 0. The van der Waals surface area contributed by atoms with E-state index in [2.05, 4.69) is 9.71 Å². The third kappa shape index (κ3) is 4.31. The van der Waals surface area contributed by atoms with Crippen LogP contribution < -0.4 is 4.72 Å². The monoisotopic (exact) mass is 396 g/mol. The zero-order chi connectivity index (χ0) is 19.4. The number of hydrogen-bond acceptors (Lipinski definition) is 4. The molecule has 0 spiro atoms. The molecule has 0 amide bonds. The Bertz CT molecular complexity index is 1030. The minimum atomic E-state index is -3.37. The fourth-order valence-electron chi connectivity index (χ4n) is 3.72. The van der Waals surface area contributed by atoms with Crippen molar-refractivity contribution in [2.24, 2.45) is 0 Å². The summed E-state index contributed by atoms with van der Waals surface area (Å²) < 4.78 is 29.4. The maximum atomic E-state index is 12.4. The molecule has 2 aromatic heterocycles. The highest BCUT2D eigenvalue weighted by molar-refractivity contribution is 7.88. The molecule has 6 nitrogen and oxygen atoms in total. The Morgan fingerprint density at radius 2 is 1.79 bits per heavy atom. The molecule has 28 heavy (non-hydrogen) atoms. The van der Waals surface area contributed by atoms with Crippen LogP contribution in [0, 0.1) is 0 Å². The highest BCUT2D eigenvalue weighted by atomic mass is 32.2. The van der Waals surface area contributed by atoms with Gasteiger partial charge in [-0.05, 0) is 43.4 Å². The summed E-state index contributed by atoms with van der Waals surface area (Å²) in [7, 11) is -3.37. The first-order valence-electron chi connectivity index (χ1n) is 9.63. The molecule has 7 heteroatoms. The van der Waals surface area contributed by atoms with Crippen LogP contribution in [0.5, 0.6) is 0 Å². The average molecular weight is 397 g/mol. The molecular formula is C21H24N4O2S. The Kier molecular flexibility index (Phi) is 5.54. The third-order valence-corrected chi connectivity index (χ3v) is 6.37. The van der Waals surface area contributed by atoms with Crippen molar-refractivity contribution >= 4 is 10.0 Å². The molecule has 0 radical (unpaired) electrons. The molecule has 3 aromatic rings. The van der Waals surface area contributed by atoms with Crippen LogP contribution in [0.3, 0.4) is 0 Å². The van der Waals surface area contributed by atoms with Crippen molar-refractivity contribution in [3.63, 3.8) is 0 Å². The summed E-state index contributed by atoms with van der Waals surface area (Å²) in [6.45, 7) is 0.841. The van der Waals surface area contributed by atoms with Gasteiger partial charge in [-0.3, -0.25) is 9.67 Å². The van der Waals surface area contributed by atoms with Crippen molar-refractivity contribution in [1.82, 2.24) is 19.5 Å². The Balaban J connectivity index is 1.47. The first kappa shape index (κ1) is 18.8. The van der Waals surface area contributed by atoms with Gasteiger partial charge in [0.15, 0.2) is 0 Å². The number of nitrogens with one attached hydrogen (secondary N) is 1. The molecule has 146 valence electrons. The van der Waals surface area contributed by atoms with Crippen LogP contribution in [-0.4, -0.2) is 29.7 Å². The van der Waals surface area contributed by atoms with E-state index in [1.807, 2.05) is 53.2 Å². The van der Waals surface area contributed by atoms with Crippen molar-refractivity contribution in [3.05, 3.63) is 71.5 Å². The van der Waals surface area contributed by atoms with E-state index in [1.54, 1.807) is 6.20 Å². The van der Waals surface area contributed by atoms with Gasteiger partial charge >= 0.3 is 0 Å². The summed E-state index contributed by atoms with van der Waals surface area (Å²) in [6.07, 6.45) is 6.05. The average Bonchev–Trinajstić information content (AvgIpc) is 3.08. The molecule has 2 heterocycles. The largest absolute Gasteiger partial charge is 0.267 e. The van der Waals surface area contributed by atoms with Crippen LogP contribution in [0.25, 0.3) is 11.4 Å². The molecule has 0 unspecified atom stereocenters. The minimum absolute atomic E-state index is 0.00968. The van der Waals surface area contributed by atoms with Crippen LogP contribution in [-0.2, 0) is 35.2 Å². The Labute approximate surface area is 165 Å². The van der Waals surface area contributed by atoms with Crippen molar-refractivity contribution in [2.45, 2.75) is 38.0 Å². The molecule has 1 aromatic carbocycles. The zero-order valence-corrected chi connectivity index (χ0v) is 16.5. The number of rotatable bonds is 7. The van der Waals surface area contributed by atoms with Crippen LogP contribution in [0.1, 0.15) is 29.7 Å². The summed E-state index contributed by atoms with van der Waals surface area (Å²) in [6, 6.07) is 15.1. The van der Waals surface area contributed by atoms with Gasteiger partial charge in [-0.15, -0.1) is 0 Å². The zero-order valence-electron chi connectivity index (χ0n) is 15.7. The quantitative estimate of drug-likeness (QED) is 0.666. The predicted octanol–water partition coefficient (Wildman–Crippen LogP) is 2.94. The van der Waals surface area contributed by atoms with Crippen molar-refractivity contribution < 1.29 is 8.42 Å². The molecule has 1 aliphatic carbocycles. The van der Waals surface area contributed by atoms with E-state index in [9.17, 15) is 8.42 Å². The Hall–Kier alpha value is -2.51. The molecule has 0 atom stereocenters. The lowest BCUT2D eigenvalue weighted by Gasteiger charge is -2.14.